The van der Waals surface area contributed by atoms with E-state index in [0.29, 0.717) is 32.1 Å². The number of hydrogen-bond acceptors (Lipinski definition) is 7. The summed E-state index contributed by atoms with van der Waals surface area (Å²) in [6, 6.07) is -0.0337. The number of thioether (sulfide) groups is 1. The van der Waals surface area contributed by atoms with Gasteiger partial charge in [-0.1, -0.05) is 33.8 Å². The van der Waals surface area contributed by atoms with Crippen LogP contribution >= 0.6 is 11.8 Å². The zero-order valence-electron chi connectivity index (χ0n) is 22.8. The lowest BCUT2D eigenvalue weighted by atomic mass is 9.44. The molecule has 4 fully saturated rings. The van der Waals surface area contributed by atoms with E-state index in [1.165, 1.54) is 11.8 Å². The Balaban J connectivity index is 1.56. The van der Waals surface area contributed by atoms with Gasteiger partial charge in [0.2, 0.25) is 6.41 Å². The summed E-state index contributed by atoms with van der Waals surface area (Å²) < 4.78 is 6.29. The average molecular weight is 536 g/mol. The fraction of sp³-hybridized carbons (Fsp3) is 0.828. The molecular weight excluding hydrogens is 490 g/mol. The number of esters is 1. The minimum Gasteiger partial charge on any atom is -0.461 e. The third kappa shape index (κ3) is 4.80. The molecule has 0 saturated heterocycles. The van der Waals surface area contributed by atoms with Gasteiger partial charge in [0.15, 0.2) is 0 Å². The maximum absolute atomic E-state index is 13.5. The van der Waals surface area contributed by atoms with Gasteiger partial charge in [-0.15, -0.1) is 18.3 Å². The van der Waals surface area contributed by atoms with Gasteiger partial charge < -0.3 is 20.3 Å². The second kappa shape index (κ2) is 10.6. The van der Waals surface area contributed by atoms with Crippen LogP contribution in [0.5, 0.6) is 0 Å². The zero-order valence-corrected chi connectivity index (χ0v) is 23.6. The number of nitrogens with one attached hydrogen (secondary N) is 1. The Morgan fingerprint density at radius 2 is 1.95 bits per heavy atom. The summed E-state index contributed by atoms with van der Waals surface area (Å²) in [6.45, 7) is 12.5. The molecule has 208 valence electrons. The Labute approximate surface area is 225 Å². The van der Waals surface area contributed by atoms with E-state index in [4.69, 9.17) is 4.74 Å². The monoisotopic (exact) mass is 535 g/mol. The molecule has 11 atom stereocenters. The number of aliphatic hydroxyl groups excluding tert-OH is 2. The van der Waals surface area contributed by atoms with E-state index in [0.717, 1.165) is 25.7 Å². The van der Waals surface area contributed by atoms with Crippen LogP contribution in [0.2, 0.25) is 0 Å². The number of ether oxygens (including phenoxy) is 1. The van der Waals surface area contributed by atoms with Crippen molar-refractivity contribution in [1.29, 1.82) is 0 Å². The number of rotatable bonds is 7. The van der Waals surface area contributed by atoms with Crippen LogP contribution in [-0.4, -0.2) is 63.7 Å². The number of carbonyl (C=O) groups excluding carboxylic acids is 3. The molecule has 8 heteroatoms. The van der Waals surface area contributed by atoms with Gasteiger partial charge >= 0.3 is 5.97 Å². The van der Waals surface area contributed by atoms with Crippen molar-refractivity contribution in [3.8, 4) is 0 Å². The first-order valence-corrected chi connectivity index (χ1v) is 15.0. The fourth-order valence-electron chi connectivity index (χ4n) is 8.43. The molecule has 0 aromatic rings. The molecule has 0 aliphatic heterocycles. The van der Waals surface area contributed by atoms with Gasteiger partial charge in [0, 0.05) is 34.5 Å². The summed E-state index contributed by atoms with van der Waals surface area (Å²) in [5.74, 6) is -0.0967. The number of Topliss-reactive ketones (excluding diaryl/α,β-unsaturated/α-hetero) is 1. The molecule has 4 saturated carbocycles. The first-order valence-electron chi connectivity index (χ1n) is 14.0. The molecule has 0 spiro atoms. The maximum Gasteiger partial charge on any atom is 0.316 e. The van der Waals surface area contributed by atoms with Crippen molar-refractivity contribution in [3.05, 3.63) is 12.7 Å². The van der Waals surface area contributed by atoms with Gasteiger partial charge in [0.05, 0.1) is 18.0 Å². The van der Waals surface area contributed by atoms with Crippen molar-refractivity contribution < 1.29 is 29.3 Å². The molecule has 2 unspecified atom stereocenters. The van der Waals surface area contributed by atoms with Gasteiger partial charge in [-0.25, -0.2) is 0 Å². The summed E-state index contributed by atoms with van der Waals surface area (Å²) in [5, 5.41) is 24.8. The number of ketones is 1. The quantitative estimate of drug-likeness (QED) is 0.259. The number of amides is 1. The van der Waals surface area contributed by atoms with E-state index in [1.54, 1.807) is 0 Å². The molecule has 0 radical (unpaired) electrons. The van der Waals surface area contributed by atoms with Crippen LogP contribution in [-0.2, 0) is 19.1 Å². The average Bonchev–Trinajstić information content (AvgIpc) is 3.22. The first-order chi connectivity index (χ1) is 17.4. The molecule has 3 N–H and O–H groups in total. The highest BCUT2D eigenvalue weighted by Crippen LogP contribution is 2.68. The highest BCUT2D eigenvalue weighted by atomic mass is 32.2. The Hall–Kier alpha value is -1.38. The van der Waals surface area contributed by atoms with Crippen molar-refractivity contribution in [3.63, 3.8) is 0 Å². The lowest BCUT2D eigenvalue weighted by Crippen LogP contribution is -2.63. The van der Waals surface area contributed by atoms with Crippen LogP contribution < -0.4 is 5.32 Å². The molecule has 2 bridgehead atoms. The van der Waals surface area contributed by atoms with Crippen molar-refractivity contribution >= 4 is 29.9 Å². The first kappa shape index (κ1) is 28.6. The molecule has 37 heavy (non-hydrogen) atoms. The van der Waals surface area contributed by atoms with Gasteiger partial charge in [-0.2, -0.15) is 0 Å². The number of carbonyl (C=O) groups is 3. The third-order valence-corrected chi connectivity index (χ3v) is 12.4. The molecule has 0 heterocycles. The van der Waals surface area contributed by atoms with Crippen LogP contribution in [0.15, 0.2) is 12.7 Å². The van der Waals surface area contributed by atoms with Crippen molar-refractivity contribution in [2.75, 3.05) is 5.75 Å². The Morgan fingerprint density at radius 3 is 2.59 bits per heavy atom. The second-order valence-corrected chi connectivity index (χ2v) is 14.0. The van der Waals surface area contributed by atoms with Crippen molar-refractivity contribution in [2.45, 2.75) is 109 Å². The Bertz CT molecular complexity index is 913. The molecule has 4 aliphatic carbocycles. The highest BCUT2D eigenvalue weighted by Gasteiger charge is 2.68. The normalized spacial score (nSPS) is 47.8. The smallest absolute Gasteiger partial charge is 0.316 e. The topological polar surface area (TPSA) is 113 Å². The molecule has 7 nitrogen and oxygen atoms in total. The lowest BCUT2D eigenvalue weighted by molar-refractivity contribution is -0.205. The summed E-state index contributed by atoms with van der Waals surface area (Å²) >= 11 is 1.40. The standard InChI is InChI=1S/C29H45NO6S/c1-6-27(4)14-23(36-24(34)15-37-22-8-7-19(30-16-31)13-21(22)33)28(5)17(2)9-11-29(18(3)26(27)35)12-10-20(32)25(28)29/h6,16-19,21-23,25-26,33,35H,1,7-15H2,2-5H3,(H,30,31)/t17?,18-,19-,21-,22-,23+,25-,26-,27+,28-,29?/m0/s1. The molecule has 4 aliphatic rings. The predicted molar refractivity (Wildman–Crippen MR) is 144 cm³/mol. The van der Waals surface area contributed by atoms with Gasteiger partial charge in [-0.05, 0) is 62.2 Å². The summed E-state index contributed by atoms with van der Waals surface area (Å²) in [5.41, 5.74) is -1.47. The minimum absolute atomic E-state index is 0.0337. The Morgan fingerprint density at radius 1 is 1.22 bits per heavy atom. The zero-order chi connectivity index (χ0) is 27.2. The third-order valence-electron chi connectivity index (χ3n) is 11.0. The van der Waals surface area contributed by atoms with E-state index < -0.39 is 29.1 Å². The molecule has 0 aromatic carbocycles. The van der Waals surface area contributed by atoms with Crippen molar-refractivity contribution in [2.24, 2.45) is 34.0 Å². The van der Waals surface area contributed by atoms with Crippen molar-refractivity contribution in [1.82, 2.24) is 5.32 Å². The summed E-state index contributed by atoms with van der Waals surface area (Å²) in [6.07, 6.45) is 6.18. The number of aliphatic hydroxyl groups is 2. The SMILES string of the molecule is C=C[C@]1(C)C[C@@H](OC(=O)CS[C@H]2CC[C@H](NC=O)C[C@@H]2O)[C@]2(C)C(C)CCC3(CCC(=O)[C@H]32)[C@@H](C)[C@@H]1O. The second-order valence-electron chi connectivity index (χ2n) is 12.8. The van der Waals surface area contributed by atoms with E-state index in [9.17, 15) is 24.6 Å². The van der Waals surface area contributed by atoms with E-state index in [2.05, 4.69) is 32.7 Å². The molecule has 1 amide bonds. The molecule has 0 aromatic heterocycles. The number of hydrogen-bond donors (Lipinski definition) is 3. The predicted octanol–water partition coefficient (Wildman–Crippen LogP) is 3.65. The van der Waals surface area contributed by atoms with E-state index in [-0.39, 0.29) is 52.0 Å². The lowest BCUT2D eigenvalue weighted by Gasteiger charge is -2.61. The summed E-state index contributed by atoms with van der Waals surface area (Å²) in [4.78, 5) is 37.5. The molecule has 4 rings (SSSR count). The van der Waals surface area contributed by atoms with Crippen LogP contribution in [0.1, 0.15) is 79.1 Å². The van der Waals surface area contributed by atoms with Gasteiger partial charge in [0.25, 0.3) is 0 Å². The van der Waals surface area contributed by atoms with Crippen LogP contribution in [0.4, 0.5) is 0 Å². The van der Waals surface area contributed by atoms with E-state index in [1.807, 2.05) is 13.0 Å². The van der Waals surface area contributed by atoms with Gasteiger partial charge in [0.1, 0.15) is 11.9 Å². The van der Waals surface area contributed by atoms with Gasteiger partial charge in [-0.3, -0.25) is 14.4 Å². The maximum atomic E-state index is 13.5. The van der Waals surface area contributed by atoms with Crippen LogP contribution in [0, 0.1) is 34.0 Å². The summed E-state index contributed by atoms with van der Waals surface area (Å²) in [7, 11) is 0. The van der Waals surface area contributed by atoms with Crippen LogP contribution in [0.25, 0.3) is 0 Å². The Kier molecular flexibility index (Phi) is 8.24. The fourth-order valence-corrected chi connectivity index (χ4v) is 9.48. The highest BCUT2D eigenvalue weighted by molar-refractivity contribution is 8.00. The van der Waals surface area contributed by atoms with Crippen LogP contribution in [0.3, 0.4) is 0 Å². The largest absolute Gasteiger partial charge is 0.461 e. The minimum atomic E-state index is -0.683. The van der Waals surface area contributed by atoms with E-state index >= 15 is 0 Å². The molecular formula is C29H45NO6S.